The van der Waals surface area contributed by atoms with Gasteiger partial charge in [0.15, 0.2) is 0 Å². The molecule has 29 heavy (non-hydrogen) atoms. The van der Waals surface area contributed by atoms with Crippen LogP contribution in [0.5, 0.6) is 11.6 Å². The summed E-state index contributed by atoms with van der Waals surface area (Å²) < 4.78 is 11.0. The molecular weight excluding hydrogens is 370 g/mol. The molecule has 0 spiro atoms. The Morgan fingerprint density at radius 3 is 2.59 bits per heavy atom. The monoisotopic (exact) mass is 393 g/mol. The summed E-state index contributed by atoms with van der Waals surface area (Å²) in [7, 11) is 1.44. The Labute approximate surface area is 169 Å². The van der Waals surface area contributed by atoms with Crippen molar-refractivity contribution in [1.29, 1.82) is 0 Å². The van der Waals surface area contributed by atoms with Crippen molar-refractivity contribution in [3.63, 3.8) is 0 Å². The van der Waals surface area contributed by atoms with Crippen LogP contribution in [-0.4, -0.2) is 30.0 Å². The van der Waals surface area contributed by atoms with Crippen molar-refractivity contribution in [3.8, 4) is 11.6 Å². The van der Waals surface area contributed by atoms with E-state index in [1.54, 1.807) is 12.1 Å². The molecule has 1 aromatic heterocycles. The number of nitrogens with one attached hydrogen (secondary N) is 2. The van der Waals surface area contributed by atoms with Crippen molar-refractivity contribution in [3.05, 3.63) is 60.3 Å². The van der Waals surface area contributed by atoms with Gasteiger partial charge in [-0.15, -0.1) is 0 Å². The van der Waals surface area contributed by atoms with Crippen LogP contribution in [0.3, 0.4) is 0 Å². The minimum atomic E-state index is -0.803. The van der Waals surface area contributed by atoms with E-state index in [2.05, 4.69) is 15.6 Å². The summed E-state index contributed by atoms with van der Waals surface area (Å²) in [4.78, 5) is 28.6. The van der Waals surface area contributed by atoms with E-state index < -0.39 is 11.8 Å². The Bertz CT molecular complexity index is 1030. The van der Waals surface area contributed by atoms with Gasteiger partial charge in [0.1, 0.15) is 11.4 Å². The van der Waals surface area contributed by atoms with Gasteiger partial charge in [0, 0.05) is 18.3 Å². The van der Waals surface area contributed by atoms with Gasteiger partial charge in [0.2, 0.25) is 5.88 Å². The fraction of sp³-hybridized carbons (Fsp3) is 0.227. The summed E-state index contributed by atoms with van der Waals surface area (Å²) in [6.45, 7) is 4.03. The molecule has 150 valence electrons. The van der Waals surface area contributed by atoms with Crippen LogP contribution in [0.15, 0.2) is 54.7 Å². The summed E-state index contributed by atoms with van der Waals surface area (Å²) >= 11 is 0. The van der Waals surface area contributed by atoms with Crippen LogP contribution in [0.2, 0.25) is 0 Å². The van der Waals surface area contributed by atoms with Gasteiger partial charge in [-0.1, -0.05) is 30.3 Å². The van der Waals surface area contributed by atoms with Gasteiger partial charge in [-0.2, -0.15) is 0 Å². The number of rotatable bonds is 6. The van der Waals surface area contributed by atoms with E-state index in [0.717, 1.165) is 16.3 Å². The Morgan fingerprint density at radius 1 is 1.03 bits per heavy atom. The van der Waals surface area contributed by atoms with Crippen molar-refractivity contribution in [2.45, 2.75) is 26.5 Å². The average Bonchev–Trinajstić information content (AvgIpc) is 2.72. The number of carbonyl (C=O) groups excluding carboxylic acids is 2. The molecule has 7 nitrogen and oxygen atoms in total. The van der Waals surface area contributed by atoms with Crippen LogP contribution in [0.25, 0.3) is 10.8 Å². The second-order valence-electron chi connectivity index (χ2n) is 6.63. The third kappa shape index (κ3) is 4.82. The number of amides is 2. The molecule has 0 aliphatic rings. The van der Waals surface area contributed by atoms with Crippen LogP contribution < -0.4 is 20.1 Å². The number of ether oxygens (including phenoxy) is 2. The fourth-order valence-electron chi connectivity index (χ4n) is 2.94. The van der Waals surface area contributed by atoms with E-state index in [1.165, 1.54) is 13.3 Å². The summed E-state index contributed by atoms with van der Waals surface area (Å²) in [5.74, 6) is -0.661. The van der Waals surface area contributed by atoms with E-state index in [-0.39, 0.29) is 18.5 Å². The predicted octanol–water partition coefficient (Wildman–Crippen LogP) is 3.29. The largest absolute Gasteiger partial charge is 0.491 e. The maximum atomic E-state index is 12.4. The normalized spacial score (nSPS) is 10.6. The van der Waals surface area contributed by atoms with Crippen LogP contribution >= 0.6 is 0 Å². The molecule has 0 radical (unpaired) electrons. The predicted molar refractivity (Wildman–Crippen MR) is 111 cm³/mol. The Balaban J connectivity index is 1.77. The van der Waals surface area contributed by atoms with Crippen molar-refractivity contribution < 1.29 is 19.1 Å². The zero-order chi connectivity index (χ0) is 20.8. The third-order valence-corrected chi connectivity index (χ3v) is 4.20. The van der Waals surface area contributed by atoms with Crippen LogP contribution in [0.1, 0.15) is 19.4 Å². The molecule has 0 aliphatic carbocycles. The van der Waals surface area contributed by atoms with Crippen LogP contribution in [0, 0.1) is 0 Å². The lowest BCUT2D eigenvalue weighted by atomic mass is 10.0. The molecule has 2 amide bonds. The Morgan fingerprint density at radius 2 is 1.83 bits per heavy atom. The maximum Gasteiger partial charge on any atom is 0.313 e. The second kappa shape index (κ2) is 9.05. The maximum absolute atomic E-state index is 12.4. The number of aromatic nitrogens is 1. The molecule has 0 saturated carbocycles. The highest BCUT2D eigenvalue weighted by Gasteiger charge is 2.18. The molecule has 1 heterocycles. The molecule has 0 fully saturated rings. The lowest BCUT2D eigenvalue weighted by Crippen LogP contribution is -2.35. The van der Waals surface area contributed by atoms with Crippen molar-refractivity contribution in [2.75, 3.05) is 12.4 Å². The molecule has 0 aliphatic heterocycles. The first-order valence-corrected chi connectivity index (χ1v) is 9.25. The van der Waals surface area contributed by atoms with E-state index in [0.29, 0.717) is 11.4 Å². The van der Waals surface area contributed by atoms with Gasteiger partial charge in [0.25, 0.3) is 0 Å². The van der Waals surface area contributed by atoms with E-state index in [4.69, 9.17) is 9.47 Å². The number of benzene rings is 2. The number of hydrogen-bond acceptors (Lipinski definition) is 5. The Kier molecular flexibility index (Phi) is 6.29. The molecule has 0 unspecified atom stereocenters. The smallest absolute Gasteiger partial charge is 0.313 e. The lowest BCUT2D eigenvalue weighted by molar-refractivity contribution is -0.136. The van der Waals surface area contributed by atoms with Gasteiger partial charge >= 0.3 is 11.8 Å². The minimum Gasteiger partial charge on any atom is -0.491 e. The second-order valence-corrected chi connectivity index (χ2v) is 6.63. The summed E-state index contributed by atoms with van der Waals surface area (Å²) in [5.41, 5.74) is 1.14. The first-order valence-electron chi connectivity index (χ1n) is 9.25. The third-order valence-electron chi connectivity index (χ3n) is 4.20. The first-order chi connectivity index (χ1) is 14.0. The molecule has 2 aromatic carbocycles. The number of methoxy groups -OCH3 is 1. The highest BCUT2D eigenvalue weighted by Crippen LogP contribution is 2.29. The van der Waals surface area contributed by atoms with Crippen molar-refractivity contribution >= 4 is 28.3 Å². The molecule has 0 bridgehead atoms. The van der Waals surface area contributed by atoms with Crippen molar-refractivity contribution in [2.24, 2.45) is 0 Å². The van der Waals surface area contributed by atoms with Gasteiger partial charge in [-0.3, -0.25) is 9.59 Å². The highest BCUT2D eigenvalue weighted by molar-refractivity contribution is 6.39. The summed E-state index contributed by atoms with van der Waals surface area (Å²) in [6.07, 6.45) is 1.51. The topological polar surface area (TPSA) is 89.5 Å². The number of pyridine rings is 1. The van der Waals surface area contributed by atoms with E-state index in [9.17, 15) is 9.59 Å². The van der Waals surface area contributed by atoms with Gasteiger partial charge in [-0.05, 0) is 42.8 Å². The van der Waals surface area contributed by atoms with Gasteiger partial charge in [-0.25, -0.2) is 4.98 Å². The fourth-order valence-corrected chi connectivity index (χ4v) is 2.94. The average molecular weight is 393 g/mol. The molecule has 7 heteroatoms. The number of carbonyl (C=O) groups is 2. The highest BCUT2D eigenvalue weighted by atomic mass is 16.5. The molecule has 3 aromatic rings. The first kappa shape index (κ1) is 20.1. The van der Waals surface area contributed by atoms with Crippen LogP contribution in [0.4, 0.5) is 5.69 Å². The molecule has 3 rings (SSSR count). The van der Waals surface area contributed by atoms with E-state index >= 15 is 0 Å². The number of anilines is 1. The SMILES string of the molecule is COc1ncccc1NC(=O)C(=O)NCc1c(OC(C)C)ccc2ccccc12. The van der Waals surface area contributed by atoms with Crippen LogP contribution in [-0.2, 0) is 16.1 Å². The van der Waals surface area contributed by atoms with Crippen molar-refractivity contribution in [1.82, 2.24) is 10.3 Å². The van der Waals surface area contributed by atoms with Gasteiger partial charge < -0.3 is 20.1 Å². The zero-order valence-corrected chi connectivity index (χ0v) is 16.6. The molecule has 0 atom stereocenters. The van der Waals surface area contributed by atoms with Gasteiger partial charge in [0.05, 0.1) is 13.2 Å². The standard InChI is InChI=1S/C22H23N3O4/c1-14(2)29-19-11-10-15-7-4-5-8-16(15)17(19)13-24-20(26)21(27)25-18-9-6-12-23-22(18)28-3/h4-12,14H,13H2,1-3H3,(H,24,26)(H,25,27). The molecule has 0 saturated heterocycles. The number of fused-ring (bicyclic) bond motifs is 1. The summed E-state index contributed by atoms with van der Waals surface area (Å²) in [6, 6.07) is 14.9. The summed E-state index contributed by atoms with van der Waals surface area (Å²) in [5, 5.41) is 7.17. The Hall–Kier alpha value is -3.61. The lowest BCUT2D eigenvalue weighted by Gasteiger charge is -2.17. The zero-order valence-electron chi connectivity index (χ0n) is 16.6. The number of nitrogens with zero attached hydrogens (tertiary/aromatic N) is 1. The number of hydrogen-bond donors (Lipinski definition) is 2. The molecule has 2 N–H and O–H groups in total. The van der Waals surface area contributed by atoms with E-state index in [1.807, 2.05) is 50.2 Å². The quantitative estimate of drug-likeness (QED) is 0.628. The molecular formula is C22H23N3O4. The minimum absolute atomic E-state index is 0.0213.